The summed E-state index contributed by atoms with van der Waals surface area (Å²) in [7, 11) is 1.77. The van der Waals surface area contributed by atoms with Crippen molar-refractivity contribution in [2.24, 2.45) is 0 Å². The van der Waals surface area contributed by atoms with Crippen molar-refractivity contribution in [3.05, 3.63) is 23.7 Å². The lowest BCUT2D eigenvalue weighted by molar-refractivity contribution is -0.118. The van der Waals surface area contributed by atoms with Crippen LogP contribution in [0.4, 0.5) is 5.13 Å². The SMILES string of the molecule is CCC(C)c1csc(N(C)C(=O)CCn2cncn2)n1. The molecule has 0 radical (unpaired) electrons. The van der Waals surface area contributed by atoms with Crippen LogP contribution in [0.2, 0.25) is 0 Å². The lowest BCUT2D eigenvalue weighted by atomic mass is 10.1. The number of nitrogens with zero attached hydrogens (tertiary/aromatic N) is 5. The highest BCUT2D eigenvalue weighted by Crippen LogP contribution is 2.26. The van der Waals surface area contributed by atoms with E-state index in [1.165, 1.54) is 17.7 Å². The van der Waals surface area contributed by atoms with E-state index in [0.29, 0.717) is 18.9 Å². The fourth-order valence-electron chi connectivity index (χ4n) is 1.70. The van der Waals surface area contributed by atoms with E-state index in [4.69, 9.17) is 0 Å². The average molecular weight is 293 g/mol. The van der Waals surface area contributed by atoms with Gasteiger partial charge in [0, 0.05) is 18.8 Å². The third-order valence-electron chi connectivity index (χ3n) is 3.31. The quantitative estimate of drug-likeness (QED) is 0.820. The van der Waals surface area contributed by atoms with Crippen LogP contribution in [0.15, 0.2) is 18.0 Å². The van der Waals surface area contributed by atoms with Crippen LogP contribution in [0.25, 0.3) is 0 Å². The van der Waals surface area contributed by atoms with Crippen LogP contribution < -0.4 is 4.90 Å². The van der Waals surface area contributed by atoms with Gasteiger partial charge in [-0.2, -0.15) is 5.10 Å². The summed E-state index contributed by atoms with van der Waals surface area (Å²) in [5.74, 6) is 0.462. The summed E-state index contributed by atoms with van der Waals surface area (Å²) < 4.78 is 1.65. The Balaban J connectivity index is 1.94. The number of aromatic nitrogens is 4. The van der Waals surface area contributed by atoms with Gasteiger partial charge in [0.2, 0.25) is 5.91 Å². The van der Waals surface area contributed by atoms with Crippen molar-refractivity contribution >= 4 is 22.4 Å². The molecular formula is C13H19N5OS. The molecule has 0 spiro atoms. The minimum Gasteiger partial charge on any atom is -0.291 e. The van der Waals surface area contributed by atoms with Crippen molar-refractivity contribution in [1.82, 2.24) is 19.7 Å². The second-order valence-electron chi connectivity index (χ2n) is 4.73. The van der Waals surface area contributed by atoms with E-state index in [-0.39, 0.29) is 5.91 Å². The summed E-state index contributed by atoms with van der Waals surface area (Å²) in [6.07, 6.45) is 4.51. The molecule has 0 saturated carbocycles. The minimum absolute atomic E-state index is 0.0329. The molecule has 1 atom stereocenters. The molecule has 2 aromatic rings. The van der Waals surface area contributed by atoms with Gasteiger partial charge in [-0.15, -0.1) is 11.3 Å². The Kier molecular flexibility index (Phi) is 4.84. The van der Waals surface area contributed by atoms with Crippen LogP contribution in [-0.4, -0.2) is 32.7 Å². The molecule has 1 unspecified atom stereocenters. The molecule has 2 heterocycles. The zero-order chi connectivity index (χ0) is 14.5. The van der Waals surface area contributed by atoms with Gasteiger partial charge in [-0.25, -0.2) is 9.97 Å². The maximum Gasteiger partial charge on any atom is 0.230 e. The predicted octanol–water partition coefficient (Wildman–Crippen LogP) is 2.30. The zero-order valence-corrected chi connectivity index (χ0v) is 12.8. The highest BCUT2D eigenvalue weighted by molar-refractivity contribution is 7.14. The number of aryl methyl sites for hydroxylation is 1. The third kappa shape index (κ3) is 3.41. The number of carbonyl (C=O) groups excluding carboxylic acids is 1. The molecule has 0 fully saturated rings. The summed E-state index contributed by atoms with van der Waals surface area (Å²) in [4.78, 5) is 22.1. The summed E-state index contributed by atoms with van der Waals surface area (Å²) >= 11 is 1.51. The molecule has 0 saturated heterocycles. The Morgan fingerprint density at radius 2 is 2.35 bits per heavy atom. The van der Waals surface area contributed by atoms with Gasteiger partial charge in [0.15, 0.2) is 5.13 Å². The molecule has 6 nitrogen and oxygen atoms in total. The summed E-state index contributed by atoms with van der Waals surface area (Å²) in [6, 6.07) is 0. The van der Waals surface area contributed by atoms with Gasteiger partial charge in [-0.3, -0.25) is 14.4 Å². The lowest BCUT2D eigenvalue weighted by Gasteiger charge is -2.13. The van der Waals surface area contributed by atoms with E-state index in [0.717, 1.165) is 17.2 Å². The maximum absolute atomic E-state index is 12.1. The number of carbonyl (C=O) groups is 1. The molecule has 0 aliphatic rings. The van der Waals surface area contributed by atoms with Gasteiger partial charge in [0.05, 0.1) is 12.2 Å². The molecule has 1 amide bonds. The Labute approximate surface area is 122 Å². The lowest BCUT2D eigenvalue weighted by Crippen LogP contribution is -2.27. The van der Waals surface area contributed by atoms with Crippen LogP contribution >= 0.6 is 11.3 Å². The maximum atomic E-state index is 12.1. The molecule has 0 bridgehead atoms. The minimum atomic E-state index is 0.0329. The van der Waals surface area contributed by atoms with Gasteiger partial charge >= 0.3 is 0 Å². The molecule has 7 heteroatoms. The number of anilines is 1. The highest BCUT2D eigenvalue weighted by atomic mass is 32.1. The predicted molar refractivity (Wildman–Crippen MR) is 78.9 cm³/mol. The molecule has 0 N–H and O–H groups in total. The summed E-state index contributed by atoms with van der Waals surface area (Å²) in [5.41, 5.74) is 1.06. The van der Waals surface area contributed by atoms with Crippen molar-refractivity contribution in [2.45, 2.75) is 39.2 Å². The van der Waals surface area contributed by atoms with Crippen molar-refractivity contribution < 1.29 is 4.79 Å². The van der Waals surface area contributed by atoms with E-state index in [2.05, 4.69) is 28.9 Å². The fraction of sp³-hybridized carbons (Fsp3) is 0.538. The number of hydrogen-bond donors (Lipinski definition) is 0. The molecular weight excluding hydrogens is 274 g/mol. The smallest absolute Gasteiger partial charge is 0.230 e. The first-order valence-electron chi connectivity index (χ1n) is 6.66. The third-order valence-corrected chi connectivity index (χ3v) is 4.24. The number of rotatable bonds is 6. The summed E-state index contributed by atoms with van der Waals surface area (Å²) in [6.45, 7) is 4.81. The number of hydrogen-bond acceptors (Lipinski definition) is 5. The Hall–Kier alpha value is -1.76. The topological polar surface area (TPSA) is 63.9 Å². The molecule has 2 rings (SSSR count). The molecule has 2 aromatic heterocycles. The second kappa shape index (κ2) is 6.60. The monoisotopic (exact) mass is 293 g/mol. The number of thiazole rings is 1. The standard InChI is InChI=1S/C13H19N5OS/c1-4-10(2)11-7-20-13(16-11)17(3)12(19)5-6-18-9-14-8-15-18/h7-10H,4-6H2,1-3H3. The van der Waals surface area contributed by atoms with E-state index in [1.54, 1.807) is 23.0 Å². The van der Waals surface area contributed by atoms with Crippen molar-refractivity contribution in [3.8, 4) is 0 Å². The van der Waals surface area contributed by atoms with Gasteiger partial charge in [0.1, 0.15) is 12.7 Å². The largest absolute Gasteiger partial charge is 0.291 e. The Morgan fingerprint density at radius 3 is 3.00 bits per heavy atom. The van der Waals surface area contributed by atoms with Crippen LogP contribution in [0, 0.1) is 0 Å². The van der Waals surface area contributed by atoms with Crippen molar-refractivity contribution in [3.63, 3.8) is 0 Å². The van der Waals surface area contributed by atoms with E-state index >= 15 is 0 Å². The average Bonchev–Trinajstić information content (AvgIpc) is 3.13. The fourth-order valence-corrected chi connectivity index (χ4v) is 2.63. The molecule has 0 aliphatic heterocycles. The zero-order valence-electron chi connectivity index (χ0n) is 12.0. The second-order valence-corrected chi connectivity index (χ2v) is 5.56. The van der Waals surface area contributed by atoms with Gasteiger partial charge in [-0.1, -0.05) is 13.8 Å². The van der Waals surface area contributed by atoms with E-state index in [1.807, 2.05) is 5.38 Å². The van der Waals surface area contributed by atoms with Gasteiger partial charge < -0.3 is 0 Å². The Morgan fingerprint density at radius 1 is 1.55 bits per heavy atom. The van der Waals surface area contributed by atoms with Crippen LogP contribution in [0.1, 0.15) is 38.3 Å². The highest BCUT2D eigenvalue weighted by Gasteiger charge is 2.16. The normalized spacial score (nSPS) is 12.3. The Bertz CT molecular complexity index is 551. The van der Waals surface area contributed by atoms with E-state index < -0.39 is 0 Å². The van der Waals surface area contributed by atoms with Crippen LogP contribution in [-0.2, 0) is 11.3 Å². The molecule has 0 aliphatic carbocycles. The van der Waals surface area contributed by atoms with Crippen LogP contribution in [0.5, 0.6) is 0 Å². The molecule has 0 aromatic carbocycles. The van der Waals surface area contributed by atoms with E-state index in [9.17, 15) is 4.79 Å². The van der Waals surface area contributed by atoms with Crippen molar-refractivity contribution in [1.29, 1.82) is 0 Å². The first kappa shape index (κ1) is 14.6. The summed E-state index contributed by atoms with van der Waals surface area (Å²) in [5, 5.41) is 6.77. The van der Waals surface area contributed by atoms with Gasteiger partial charge in [0.25, 0.3) is 0 Å². The first-order valence-corrected chi connectivity index (χ1v) is 7.54. The first-order chi connectivity index (χ1) is 9.61. The van der Waals surface area contributed by atoms with Crippen LogP contribution in [0.3, 0.4) is 0 Å². The van der Waals surface area contributed by atoms with Gasteiger partial charge in [-0.05, 0) is 12.3 Å². The molecule has 20 heavy (non-hydrogen) atoms. The molecule has 108 valence electrons. The number of amides is 1. The van der Waals surface area contributed by atoms with Crippen molar-refractivity contribution in [2.75, 3.05) is 11.9 Å².